The summed E-state index contributed by atoms with van der Waals surface area (Å²) in [5.41, 5.74) is 0.927. The van der Waals surface area contributed by atoms with Gasteiger partial charge in [0.2, 0.25) is 5.88 Å². The molecule has 22 heavy (non-hydrogen) atoms. The second-order valence-corrected chi connectivity index (χ2v) is 4.81. The van der Waals surface area contributed by atoms with Gasteiger partial charge in [0.25, 0.3) is 0 Å². The van der Waals surface area contributed by atoms with E-state index in [4.69, 9.17) is 4.74 Å². The van der Waals surface area contributed by atoms with Crippen molar-refractivity contribution in [3.63, 3.8) is 0 Å². The van der Waals surface area contributed by atoms with Crippen LogP contribution in [0.3, 0.4) is 0 Å². The van der Waals surface area contributed by atoms with Crippen molar-refractivity contribution in [3.8, 4) is 5.88 Å². The zero-order valence-corrected chi connectivity index (χ0v) is 11.9. The van der Waals surface area contributed by atoms with Crippen LogP contribution >= 0.6 is 0 Å². The topological polar surface area (TPSA) is 22.1 Å². The standard InChI is InChI=1S/C16H15F4NO/c1-11(12-2-5-14(6-3-12)16(18,19)20)13-4-7-15(21-10-13)22-9-8-17/h2-7,10-11H,8-9H2,1H3. The van der Waals surface area contributed by atoms with E-state index in [1.807, 2.05) is 6.92 Å². The summed E-state index contributed by atoms with van der Waals surface area (Å²) < 4.78 is 54.6. The fraction of sp³-hybridized carbons (Fsp3) is 0.312. The molecule has 6 heteroatoms. The maximum Gasteiger partial charge on any atom is 0.416 e. The average molecular weight is 313 g/mol. The lowest BCUT2D eigenvalue weighted by Gasteiger charge is -2.14. The Morgan fingerprint density at radius 1 is 1.05 bits per heavy atom. The lowest BCUT2D eigenvalue weighted by atomic mass is 9.94. The highest BCUT2D eigenvalue weighted by atomic mass is 19.4. The smallest absolute Gasteiger partial charge is 0.416 e. The highest BCUT2D eigenvalue weighted by molar-refractivity contribution is 5.34. The minimum Gasteiger partial charge on any atom is -0.475 e. The first kappa shape index (κ1) is 16.3. The fourth-order valence-corrected chi connectivity index (χ4v) is 2.03. The van der Waals surface area contributed by atoms with Crippen molar-refractivity contribution in [1.29, 1.82) is 0 Å². The Morgan fingerprint density at radius 2 is 1.68 bits per heavy atom. The lowest BCUT2D eigenvalue weighted by molar-refractivity contribution is -0.137. The van der Waals surface area contributed by atoms with Crippen molar-refractivity contribution < 1.29 is 22.3 Å². The van der Waals surface area contributed by atoms with Gasteiger partial charge in [-0.05, 0) is 23.3 Å². The number of hydrogen-bond donors (Lipinski definition) is 0. The summed E-state index contributed by atoms with van der Waals surface area (Å²) in [5.74, 6) is 0.214. The van der Waals surface area contributed by atoms with Crippen LogP contribution in [-0.4, -0.2) is 18.3 Å². The second kappa shape index (κ2) is 6.77. The van der Waals surface area contributed by atoms with E-state index < -0.39 is 18.4 Å². The molecule has 0 spiro atoms. The van der Waals surface area contributed by atoms with Gasteiger partial charge in [-0.25, -0.2) is 9.37 Å². The van der Waals surface area contributed by atoms with Crippen LogP contribution in [0.15, 0.2) is 42.6 Å². The van der Waals surface area contributed by atoms with E-state index >= 15 is 0 Å². The molecule has 1 aromatic heterocycles. The van der Waals surface area contributed by atoms with Crippen LogP contribution in [0.1, 0.15) is 29.5 Å². The van der Waals surface area contributed by atoms with Crippen LogP contribution < -0.4 is 4.74 Å². The molecule has 1 aromatic carbocycles. The highest BCUT2D eigenvalue weighted by Gasteiger charge is 2.30. The number of ether oxygens (including phenoxy) is 1. The Morgan fingerprint density at radius 3 is 2.18 bits per heavy atom. The Labute approximate surface area is 125 Å². The van der Waals surface area contributed by atoms with Crippen molar-refractivity contribution in [2.75, 3.05) is 13.3 Å². The molecule has 0 aliphatic carbocycles. The molecule has 0 aliphatic heterocycles. The zero-order chi connectivity index (χ0) is 16.2. The van der Waals surface area contributed by atoms with Gasteiger partial charge in [-0.15, -0.1) is 0 Å². The molecule has 2 aromatic rings. The zero-order valence-electron chi connectivity index (χ0n) is 11.9. The van der Waals surface area contributed by atoms with E-state index in [-0.39, 0.29) is 12.5 Å². The minimum atomic E-state index is -4.33. The van der Waals surface area contributed by atoms with E-state index in [0.29, 0.717) is 5.88 Å². The third-order valence-electron chi connectivity index (χ3n) is 3.32. The predicted octanol–water partition coefficient (Wildman–Crippen LogP) is 4.60. The number of benzene rings is 1. The molecule has 1 unspecified atom stereocenters. The third kappa shape index (κ3) is 3.96. The predicted molar refractivity (Wildman–Crippen MR) is 74.7 cm³/mol. The third-order valence-corrected chi connectivity index (χ3v) is 3.32. The molecule has 0 N–H and O–H groups in total. The molecular weight excluding hydrogens is 298 g/mol. The lowest BCUT2D eigenvalue weighted by Crippen LogP contribution is -2.05. The highest BCUT2D eigenvalue weighted by Crippen LogP contribution is 2.31. The minimum absolute atomic E-state index is 0.0548. The summed E-state index contributed by atoms with van der Waals surface area (Å²) in [6.07, 6.45) is -2.76. The van der Waals surface area contributed by atoms with E-state index in [9.17, 15) is 17.6 Å². The van der Waals surface area contributed by atoms with E-state index in [1.165, 1.54) is 12.1 Å². The molecule has 0 saturated carbocycles. The quantitative estimate of drug-likeness (QED) is 0.753. The van der Waals surface area contributed by atoms with Crippen LogP contribution in [0.5, 0.6) is 5.88 Å². The second-order valence-electron chi connectivity index (χ2n) is 4.81. The first-order valence-electron chi connectivity index (χ1n) is 6.73. The SMILES string of the molecule is CC(c1ccc(C(F)(F)F)cc1)c1ccc(OCCF)nc1. The van der Waals surface area contributed by atoms with E-state index in [2.05, 4.69) is 4.98 Å². The number of halogens is 4. The van der Waals surface area contributed by atoms with Crippen molar-refractivity contribution >= 4 is 0 Å². The molecule has 1 heterocycles. The largest absolute Gasteiger partial charge is 0.475 e. The van der Waals surface area contributed by atoms with Crippen molar-refractivity contribution in [1.82, 2.24) is 4.98 Å². The number of hydrogen-bond acceptors (Lipinski definition) is 2. The molecule has 0 fully saturated rings. The number of aromatic nitrogens is 1. The number of alkyl halides is 4. The van der Waals surface area contributed by atoms with Gasteiger partial charge in [0.05, 0.1) is 5.56 Å². The van der Waals surface area contributed by atoms with E-state index in [1.54, 1.807) is 18.3 Å². The summed E-state index contributed by atoms with van der Waals surface area (Å²) in [5, 5.41) is 0. The molecule has 118 valence electrons. The molecule has 0 saturated heterocycles. The molecule has 0 aliphatic rings. The van der Waals surface area contributed by atoms with Crippen molar-refractivity contribution in [2.24, 2.45) is 0 Å². The first-order chi connectivity index (χ1) is 10.4. The molecule has 1 atom stereocenters. The number of nitrogens with zero attached hydrogens (tertiary/aromatic N) is 1. The Bertz CT molecular complexity index is 593. The molecule has 0 radical (unpaired) electrons. The van der Waals surface area contributed by atoms with Gasteiger partial charge in [0, 0.05) is 18.2 Å². The molecule has 2 rings (SSSR count). The number of rotatable bonds is 5. The maximum absolute atomic E-state index is 12.5. The van der Waals surface area contributed by atoms with Gasteiger partial charge < -0.3 is 4.74 Å². The Kier molecular flexibility index (Phi) is 5.00. The van der Waals surface area contributed by atoms with Crippen LogP contribution in [-0.2, 0) is 6.18 Å². The summed E-state index contributed by atoms with van der Waals surface area (Å²) >= 11 is 0. The monoisotopic (exact) mass is 313 g/mol. The normalized spacial score (nSPS) is 13.0. The van der Waals surface area contributed by atoms with Crippen molar-refractivity contribution in [3.05, 3.63) is 59.3 Å². The van der Waals surface area contributed by atoms with Gasteiger partial charge in [-0.2, -0.15) is 13.2 Å². The van der Waals surface area contributed by atoms with Gasteiger partial charge >= 0.3 is 6.18 Å². The average Bonchev–Trinajstić information content (AvgIpc) is 2.52. The van der Waals surface area contributed by atoms with Gasteiger partial charge in [-0.1, -0.05) is 25.1 Å². The molecule has 2 nitrogen and oxygen atoms in total. The number of pyridine rings is 1. The van der Waals surface area contributed by atoms with E-state index in [0.717, 1.165) is 23.3 Å². The van der Waals surface area contributed by atoms with Gasteiger partial charge in [0.1, 0.15) is 13.3 Å². The van der Waals surface area contributed by atoms with Crippen LogP contribution in [0.4, 0.5) is 17.6 Å². The maximum atomic E-state index is 12.5. The van der Waals surface area contributed by atoms with Crippen LogP contribution in [0.2, 0.25) is 0 Å². The summed E-state index contributed by atoms with van der Waals surface area (Å²) in [6.45, 7) is 1.23. The summed E-state index contributed by atoms with van der Waals surface area (Å²) in [7, 11) is 0. The van der Waals surface area contributed by atoms with Gasteiger partial charge in [0.15, 0.2) is 0 Å². The Hall–Kier alpha value is -2.11. The van der Waals surface area contributed by atoms with Crippen LogP contribution in [0.25, 0.3) is 0 Å². The summed E-state index contributed by atoms with van der Waals surface area (Å²) in [6, 6.07) is 8.44. The fourth-order valence-electron chi connectivity index (χ4n) is 2.03. The first-order valence-corrected chi connectivity index (χ1v) is 6.73. The molecular formula is C16H15F4NO. The molecule has 0 amide bonds. The van der Waals surface area contributed by atoms with Gasteiger partial charge in [-0.3, -0.25) is 0 Å². The van der Waals surface area contributed by atoms with Crippen LogP contribution in [0, 0.1) is 0 Å². The molecule has 0 bridgehead atoms. The Balaban J connectivity index is 2.12. The van der Waals surface area contributed by atoms with Crippen molar-refractivity contribution in [2.45, 2.75) is 19.0 Å². The summed E-state index contributed by atoms with van der Waals surface area (Å²) in [4.78, 5) is 4.05.